The lowest BCUT2D eigenvalue weighted by Crippen LogP contribution is -2.16. The molecule has 0 fully saturated rings. The van der Waals surface area contributed by atoms with Gasteiger partial charge in [-0.15, -0.1) is 0 Å². The van der Waals surface area contributed by atoms with Crippen LogP contribution in [0.3, 0.4) is 0 Å². The Labute approximate surface area is 120 Å². The minimum Gasteiger partial charge on any atom is -0.461 e. The second-order valence-corrected chi connectivity index (χ2v) is 5.62. The van der Waals surface area contributed by atoms with Gasteiger partial charge < -0.3 is 10.5 Å². The Morgan fingerprint density at radius 3 is 2.45 bits per heavy atom. The van der Waals surface area contributed by atoms with Crippen LogP contribution in [0.25, 0.3) is 0 Å². The van der Waals surface area contributed by atoms with Crippen LogP contribution in [0.4, 0.5) is 5.69 Å². The van der Waals surface area contributed by atoms with Crippen LogP contribution in [0.1, 0.15) is 21.5 Å². The summed E-state index contributed by atoms with van der Waals surface area (Å²) in [6.45, 7) is -0.470. The van der Waals surface area contributed by atoms with Gasteiger partial charge in [-0.1, -0.05) is 24.3 Å². The van der Waals surface area contributed by atoms with Crippen molar-refractivity contribution >= 4 is 37.5 Å². The molecule has 4 radical (unpaired) electrons. The molecule has 0 heterocycles. The van der Waals surface area contributed by atoms with Crippen molar-refractivity contribution in [3.8, 4) is 0 Å². The van der Waals surface area contributed by atoms with Crippen molar-refractivity contribution < 1.29 is 22.5 Å². The Kier molecular flexibility index (Phi) is 5.64. The Hall–Kier alpha value is -1.47. The van der Waals surface area contributed by atoms with Crippen molar-refractivity contribution in [2.24, 2.45) is 0 Å². The molecule has 1 aromatic rings. The van der Waals surface area contributed by atoms with E-state index in [-0.39, 0.29) is 23.9 Å². The maximum atomic E-state index is 11.8. The number of nitrogen functional groups attached to an aromatic ring is 1. The maximum absolute atomic E-state index is 11.8. The minimum atomic E-state index is -4.19. The number of benzene rings is 1. The second-order valence-electron chi connectivity index (χ2n) is 4.05. The van der Waals surface area contributed by atoms with E-state index in [1.54, 1.807) is 6.07 Å². The Balaban J connectivity index is 2.92. The van der Waals surface area contributed by atoms with E-state index in [9.17, 15) is 13.2 Å². The Morgan fingerprint density at radius 2 is 1.95 bits per heavy atom. The molecule has 0 atom stereocenters. The van der Waals surface area contributed by atoms with Crippen molar-refractivity contribution in [2.45, 2.75) is 12.6 Å². The van der Waals surface area contributed by atoms with Crippen LogP contribution in [-0.4, -0.2) is 47.0 Å². The summed E-state index contributed by atoms with van der Waals surface area (Å²) >= 11 is 0. The van der Waals surface area contributed by atoms with E-state index in [4.69, 9.17) is 30.7 Å². The van der Waals surface area contributed by atoms with Crippen molar-refractivity contribution in [2.75, 3.05) is 18.1 Å². The number of ether oxygens (including phenoxy) is 1. The van der Waals surface area contributed by atoms with Crippen LogP contribution in [0.15, 0.2) is 12.1 Å². The van der Waals surface area contributed by atoms with Gasteiger partial charge in [0.05, 0.1) is 21.3 Å². The number of anilines is 1. The van der Waals surface area contributed by atoms with Crippen molar-refractivity contribution in [1.82, 2.24) is 0 Å². The predicted molar refractivity (Wildman–Crippen MR) is 76.5 cm³/mol. The third-order valence-electron chi connectivity index (χ3n) is 2.58. The molecule has 0 aliphatic carbocycles. The largest absolute Gasteiger partial charge is 0.461 e. The summed E-state index contributed by atoms with van der Waals surface area (Å²) in [6.07, 6.45) is 0.323. The molecule has 0 aliphatic rings. The lowest BCUT2D eigenvalue weighted by Gasteiger charge is -2.12. The standard InChI is InChI=1S/C11H13B2NO5S/c12-5-7-3-8(6-13)10(14)9(4-7)11(15)19-1-2-20(16,17)18/h3-4H,1-2,5-6,14H2,(H,16,17,18). The summed E-state index contributed by atoms with van der Waals surface area (Å²) in [7, 11) is 6.83. The smallest absolute Gasteiger partial charge is 0.340 e. The molecule has 0 aliphatic heterocycles. The van der Waals surface area contributed by atoms with Crippen LogP contribution in [0.5, 0.6) is 0 Å². The number of hydrogen-bond donors (Lipinski definition) is 2. The van der Waals surface area contributed by atoms with Gasteiger partial charge in [-0.3, -0.25) is 4.55 Å². The second kappa shape index (κ2) is 6.81. The third-order valence-corrected chi connectivity index (χ3v) is 3.26. The van der Waals surface area contributed by atoms with Crippen LogP contribution < -0.4 is 5.73 Å². The monoisotopic (exact) mass is 293 g/mol. The topological polar surface area (TPSA) is 107 Å². The van der Waals surface area contributed by atoms with E-state index in [1.165, 1.54) is 6.07 Å². The summed E-state index contributed by atoms with van der Waals surface area (Å²) in [6, 6.07) is 3.15. The van der Waals surface area contributed by atoms with E-state index < -0.39 is 28.4 Å². The summed E-state index contributed by atoms with van der Waals surface area (Å²) in [5, 5.41) is 0. The van der Waals surface area contributed by atoms with Gasteiger partial charge >= 0.3 is 5.97 Å². The Bertz CT molecular complexity index is 603. The fourth-order valence-corrected chi connectivity index (χ4v) is 1.85. The fourth-order valence-electron chi connectivity index (χ4n) is 1.55. The van der Waals surface area contributed by atoms with Crippen LogP contribution in [-0.2, 0) is 27.5 Å². The number of hydrogen-bond acceptors (Lipinski definition) is 5. The molecule has 0 saturated carbocycles. The summed E-state index contributed by atoms with van der Waals surface area (Å²) < 4.78 is 34.3. The van der Waals surface area contributed by atoms with Gasteiger partial charge in [0.25, 0.3) is 10.1 Å². The highest BCUT2D eigenvalue weighted by molar-refractivity contribution is 7.85. The number of esters is 1. The number of rotatable bonds is 6. The van der Waals surface area contributed by atoms with Crippen molar-refractivity contribution in [3.63, 3.8) is 0 Å². The molecule has 6 nitrogen and oxygen atoms in total. The highest BCUT2D eigenvalue weighted by Gasteiger charge is 2.16. The molecule has 104 valence electrons. The molecule has 3 N–H and O–H groups in total. The van der Waals surface area contributed by atoms with Crippen LogP contribution in [0, 0.1) is 0 Å². The third kappa shape index (κ3) is 4.57. The zero-order valence-corrected chi connectivity index (χ0v) is 11.5. The lowest BCUT2D eigenvalue weighted by molar-refractivity contribution is 0.0529. The fraction of sp³-hybridized carbons (Fsp3) is 0.364. The molecule has 0 spiro atoms. The van der Waals surface area contributed by atoms with Gasteiger partial charge in [0, 0.05) is 5.69 Å². The van der Waals surface area contributed by atoms with Crippen LogP contribution in [0.2, 0.25) is 0 Å². The van der Waals surface area contributed by atoms with Gasteiger partial charge in [0.1, 0.15) is 12.4 Å². The molecule has 0 saturated heterocycles. The molecular formula is C11H13B2NO5S. The highest BCUT2D eigenvalue weighted by atomic mass is 32.2. The van der Waals surface area contributed by atoms with Gasteiger partial charge in [-0.2, -0.15) is 8.42 Å². The van der Waals surface area contributed by atoms with Crippen molar-refractivity contribution in [3.05, 3.63) is 28.8 Å². The first-order valence-electron chi connectivity index (χ1n) is 5.72. The normalized spacial score (nSPS) is 11.2. The molecule has 0 bridgehead atoms. The molecular weight excluding hydrogens is 280 g/mol. The number of nitrogens with two attached hydrogens (primary N) is 1. The van der Waals surface area contributed by atoms with E-state index >= 15 is 0 Å². The first-order valence-corrected chi connectivity index (χ1v) is 7.33. The lowest BCUT2D eigenvalue weighted by atomic mass is 9.88. The summed E-state index contributed by atoms with van der Waals surface area (Å²) in [5.74, 6) is -1.48. The van der Waals surface area contributed by atoms with Crippen LogP contribution >= 0.6 is 0 Å². The molecule has 20 heavy (non-hydrogen) atoms. The number of carbonyl (C=O) groups is 1. The van der Waals surface area contributed by atoms with E-state index in [2.05, 4.69) is 0 Å². The van der Waals surface area contributed by atoms with Gasteiger partial charge in [-0.25, -0.2) is 4.79 Å². The average Bonchev–Trinajstić information content (AvgIpc) is 2.37. The van der Waals surface area contributed by atoms with E-state index in [1.807, 2.05) is 0 Å². The van der Waals surface area contributed by atoms with E-state index in [0.29, 0.717) is 11.1 Å². The first kappa shape index (κ1) is 16.6. The van der Waals surface area contributed by atoms with Crippen molar-refractivity contribution in [1.29, 1.82) is 0 Å². The number of carbonyl (C=O) groups excluding carboxylic acids is 1. The van der Waals surface area contributed by atoms with E-state index in [0.717, 1.165) is 0 Å². The summed E-state index contributed by atoms with van der Waals surface area (Å²) in [5.41, 5.74) is 7.23. The quantitative estimate of drug-likeness (QED) is 0.321. The maximum Gasteiger partial charge on any atom is 0.340 e. The molecule has 1 rings (SSSR count). The molecule has 1 aromatic carbocycles. The Morgan fingerprint density at radius 1 is 1.30 bits per heavy atom. The predicted octanol–water partition coefficient (Wildman–Crippen LogP) is -0.350. The zero-order valence-electron chi connectivity index (χ0n) is 10.7. The minimum absolute atomic E-state index is 0.0729. The molecule has 0 amide bonds. The molecule has 0 aromatic heterocycles. The molecule has 0 unspecified atom stereocenters. The van der Waals surface area contributed by atoms with Gasteiger partial charge in [0.2, 0.25) is 0 Å². The first-order chi connectivity index (χ1) is 9.28. The SMILES string of the molecule is [B]Cc1cc(C[B])c(N)c(C(=O)OCCS(=O)(=O)O)c1. The summed E-state index contributed by atoms with van der Waals surface area (Å²) in [4.78, 5) is 11.8. The average molecular weight is 293 g/mol. The van der Waals surface area contributed by atoms with Gasteiger partial charge in [-0.05, 0) is 11.6 Å². The molecule has 9 heteroatoms. The van der Waals surface area contributed by atoms with Gasteiger partial charge in [0.15, 0.2) is 0 Å². The zero-order chi connectivity index (χ0) is 15.3. The highest BCUT2D eigenvalue weighted by Crippen LogP contribution is 2.21.